The van der Waals surface area contributed by atoms with E-state index in [-0.39, 0.29) is 49.1 Å². The molecule has 1 aromatic heterocycles. The van der Waals surface area contributed by atoms with Gasteiger partial charge in [-0.1, -0.05) is 64.8 Å². The topological polar surface area (TPSA) is 53.4 Å². The van der Waals surface area contributed by atoms with Crippen molar-refractivity contribution >= 4 is 10.9 Å². The molecule has 0 spiro atoms. The Hall–Kier alpha value is -1.58. The van der Waals surface area contributed by atoms with E-state index in [9.17, 15) is 10.2 Å². The van der Waals surface area contributed by atoms with Crippen molar-refractivity contribution in [1.82, 2.24) is 4.98 Å². The molecule has 0 amide bonds. The Bertz CT molecular complexity index is 1100. The van der Waals surface area contributed by atoms with Crippen LogP contribution in [0.3, 0.4) is 0 Å². The minimum absolute atomic E-state index is 0. The van der Waals surface area contributed by atoms with Gasteiger partial charge in [-0.15, -0.1) is 35.9 Å². The number of fused-ring (bicyclic) bond motifs is 2. The molecular weight excluding hydrogens is 623 g/mol. The van der Waals surface area contributed by atoms with Crippen LogP contribution in [0.4, 0.5) is 0 Å². The quantitative estimate of drug-likeness (QED) is 0.267. The van der Waals surface area contributed by atoms with Gasteiger partial charge in [-0.2, -0.15) is 0 Å². The van der Waals surface area contributed by atoms with E-state index in [0.717, 1.165) is 29.6 Å². The van der Waals surface area contributed by atoms with Gasteiger partial charge in [-0.3, -0.25) is 4.98 Å². The van der Waals surface area contributed by atoms with Crippen molar-refractivity contribution in [3.63, 3.8) is 0 Å². The second kappa shape index (κ2) is 11.9. The number of pyridine rings is 1. The smallest absolute Gasteiger partial charge is 0.0646 e. The van der Waals surface area contributed by atoms with Crippen molar-refractivity contribution in [1.29, 1.82) is 0 Å². The maximum absolute atomic E-state index is 10.8. The summed E-state index contributed by atoms with van der Waals surface area (Å²) in [6.45, 7) is 10.7. The van der Waals surface area contributed by atoms with Crippen molar-refractivity contribution in [2.75, 3.05) is 0 Å². The molecule has 2 aliphatic rings. The molecule has 1 heterocycles. The fraction of sp³-hybridized carbons (Fsp3) is 0.531. The van der Waals surface area contributed by atoms with E-state index in [2.05, 4.69) is 69.9 Å². The van der Waals surface area contributed by atoms with Crippen molar-refractivity contribution < 1.29 is 30.3 Å². The molecule has 4 heteroatoms. The Morgan fingerprint density at radius 3 is 2.06 bits per heavy atom. The van der Waals surface area contributed by atoms with Gasteiger partial charge in [0.05, 0.1) is 17.7 Å². The van der Waals surface area contributed by atoms with Gasteiger partial charge in [0.25, 0.3) is 0 Å². The molecule has 2 atom stereocenters. The molecule has 2 N–H and O–H groups in total. The van der Waals surface area contributed by atoms with Gasteiger partial charge in [0, 0.05) is 26.0 Å². The summed E-state index contributed by atoms with van der Waals surface area (Å²) in [4.78, 5) is 4.68. The summed E-state index contributed by atoms with van der Waals surface area (Å²) < 4.78 is 0. The van der Waals surface area contributed by atoms with Gasteiger partial charge in [0.1, 0.15) is 0 Å². The first-order valence-electron chi connectivity index (χ1n) is 13.3. The first-order valence-corrected chi connectivity index (χ1v) is 13.3. The molecule has 0 saturated heterocycles. The predicted octanol–water partition coefficient (Wildman–Crippen LogP) is 7.37. The average molecular weight is 665 g/mol. The molecule has 5 rings (SSSR count). The van der Waals surface area contributed by atoms with Gasteiger partial charge < -0.3 is 10.2 Å². The summed E-state index contributed by atoms with van der Waals surface area (Å²) in [6.07, 6.45) is 6.17. The molecule has 2 unspecified atom stereocenters. The van der Waals surface area contributed by atoms with Crippen molar-refractivity contribution in [3.8, 4) is 11.3 Å². The number of nitrogens with zero attached hydrogens (tertiary/aromatic N) is 1. The fourth-order valence-electron chi connectivity index (χ4n) is 6.12. The SMILES string of the molecule is CC1(C)CCCC2CCCC(C)(C)C(O)C2C1O.Cc1ccc2ccc(-c3[c-]cccc3)nc2c1.[Ir]. The minimum Gasteiger partial charge on any atom is -0.392 e. The zero-order valence-corrected chi connectivity index (χ0v) is 24.8. The normalized spacial score (nSPS) is 26.9. The van der Waals surface area contributed by atoms with Gasteiger partial charge in [0.2, 0.25) is 0 Å². The van der Waals surface area contributed by atoms with Crippen LogP contribution in [-0.2, 0) is 20.1 Å². The molecule has 2 fully saturated rings. The number of hydrogen-bond acceptors (Lipinski definition) is 3. The van der Waals surface area contributed by atoms with Crippen molar-refractivity contribution in [2.24, 2.45) is 22.7 Å². The van der Waals surface area contributed by atoms with Crippen LogP contribution in [0.25, 0.3) is 22.2 Å². The largest absolute Gasteiger partial charge is 0.392 e. The Morgan fingerprint density at radius 1 is 0.861 bits per heavy atom. The molecule has 36 heavy (non-hydrogen) atoms. The zero-order valence-electron chi connectivity index (χ0n) is 22.4. The van der Waals surface area contributed by atoms with Gasteiger partial charge in [-0.05, 0) is 72.1 Å². The average Bonchev–Trinajstić information content (AvgIpc) is 3.01. The minimum atomic E-state index is -0.364. The Labute approximate surface area is 231 Å². The summed E-state index contributed by atoms with van der Waals surface area (Å²) in [6, 6.07) is 21.6. The summed E-state index contributed by atoms with van der Waals surface area (Å²) >= 11 is 0. The third-order valence-electron chi connectivity index (χ3n) is 8.50. The fourth-order valence-corrected chi connectivity index (χ4v) is 6.12. The van der Waals surface area contributed by atoms with Gasteiger partial charge >= 0.3 is 0 Å². The Morgan fingerprint density at radius 2 is 1.47 bits per heavy atom. The molecule has 0 aliphatic heterocycles. The van der Waals surface area contributed by atoms with Gasteiger partial charge in [0.15, 0.2) is 0 Å². The second-order valence-corrected chi connectivity index (χ2v) is 12.2. The summed E-state index contributed by atoms with van der Waals surface area (Å²) in [7, 11) is 0. The van der Waals surface area contributed by atoms with E-state index in [4.69, 9.17) is 0 Å². The molecule has 0 bridgehead atoms. The van der Waals surface area contributed by atoms with E-state index in [1.165, 1.54) is 36.6 Å². The zero-order chi connectivity index (χ0) is 25.2. The number of rotatable bonds is 1. The van der Waals surface area contributed by atoms with Gasteiger partial charge in [-0.25, -0.2) is 0 Å². The predicted molar refractivity (Wildman–Crippen MR) is 145 cm³/mol. The van der Waals surface area contributed by atoms with E-state index < -0.39 is 0 Å². The van der Waals surface area contributed by atoms with Crippen LogP contribution in [0.15, 0.2) is 54.6 Å². The maximum atomic E-state index is 10.8. The van der Waals surface area contributed by atoms with Crippen LogP contribution < -0.4 is 0 Å². The summed E-state index contributed by atoms with van der Waals surface area (Å²) in [5, 5.41) is 22.7. The molecule has 2 aliphatic carbocycles. The van der Waals surface area contributed by atoms with Crippen molar-refractivity contribution in [2.45, 2.75) is 85.4 Å². The molecule has 3 nitrogen and oxygen atoms in total. The summed E-state index contributed by atoms with van der Waals surface area (Å²) in [5.74, 6) is 0.582. The third kappa shape index (κ3) is 6.45. The molecule has 1 radical (unpaired) electrons. The van der Waals surface area contributed by atoms with E-state index in [1.807, 2.05) is 30.3 Å². The number of benzene rings is 2. The van der Waals surface area contributed by atoms with Crippen LogP contribution in [0, 0.1) is 35.7 Å². The molecule has 197 valence electrons. The Kier molecular flexibility index (Phi) is 9.55. The molecule has 3 aromatic rings. The number of aryl methyl sites for hydroxylation is 1. The monoisotopic (exact) mass is 665 g/mol. The van der Waals surface area contributed by atoms with Crippen LogP contribution in [0.5, 0.6) is 0 Å². The first-order chi connectivity index (χ1) is 16.6. The first kappa shape index (κ1) is 29.0. The van der Waals surface area contributed by atoms with Crippen LogP contribution in [0.2, 0.25) is 0 Å². The van der Waals surface area contributed by atoms with E-state index >= 15 is 0 Å². The van der Waals surface area contributed by atoms with Crippen molar-refractivity contribution in [3.05, 3.63) is 66.2 Å². The standard InChI is InChI=1S/C16H12N.C16H30O2.Ir/c1-12-7-8-14-9-10-15(17-16(14)11-12)13-5-3-2-4-6-13;1-15(2)9-5-7-11-8-6-10-16(3,4)14(18)12(11)13(15)17;/h2-5,7-11H,1H3;11-14,17-18H,5-10H2,1-4H3;/q-1;;. The Balaban J connectivity index is 0.000000195. The summed E-state index contributed by atoms with van der Waals surface area (Å²) in [5.41, 5.74) is 4.18. The number of hydrogen-bond donors (Lipinski definition) is 2. The molecular formula is C32H42IrNO2-. The van der Waals surface area contributed by atoms with Crippen LogP contribution in [0.1, 0.15) is 71.8 Å². The number of aromatic nitrogens is 1. The third-order valence-corrected chi connectivity index (χ3v) is 8.50. The van der Waals surface area contributed by atoms with E-state index in [0.29, 0.717) is 5.92 Å². The molecule has 2 aromatic carbocycles. The van der Waals surface area contributed by atoms with Crippen LogP contribution in [-0.4, -0.2) is 27.4 Å². The number of aliphatic hydroxyl groups excluding tert-OH is 2. The number of aliphatic hydroxyl groups is 2. The van der Waals surface area contributed by atoms with Crippen LogP contribution >= 0.6 is 0 Å². The maximum Gasteiger partial charge on any atom is 0.0646 e. The molecule has 2 saturated carbocycles. The second-order valence-electron chi connectivity index (χ2n) is 12.2. The van der Waals surface area contributed by atoms with E-state index in [1.54, 1.807) is 0 Å².